The van der Waals surface area contributed by atoms with Crippen molar-refractivity contribution in [2.75, 3.05) is 49.3 Å². The highest BCUT2D eigenvalue weighted by Gasteiger charge is 2.25. The van der Waals surface area contributed by atoms with E-state index in [0.29, 0.717) is 38.4 Å². The Labute approximate surface area is 203 Å². The molecule has 0 unspecified atom stereocenters. The number of hydrogen-bond donors (Lipinski definition) is 1. The van der Waals surface area contributed by atoms with Crippen LogP contribution in [0.2, 0.25) is 0 Å². The van der Waals surface area contributed by atoms with Crippen molar-refractivity contribution < 1.29 is 14.3 Å². The van der Waals surface area contributed by atoms with Crippen molar-refractivity contribution in [2.24, 2.45) is 0 Å². The maximum absolute atomic E-state index is 12.9. The van der Waals surface area contributed by atoms with Crippen molar-refractivity contribution in [3.63, 3.8) is 0 Å². The normalized spacial score (nSPS) is 15.2. The summed E-state index contributed by atoms with van der Waals surface area (Å²) in [6.07, 6.45) is 2.83. The number of carbonyl (C=O) groups is 2. The Morgan fingerprint density at radius 2 is 1.68 bits per heavy atom. The van der Waals surface area contributed by atoms with Gasteiger partial charge in [0.25, 0.3) is 5.91 Å². The monoisotopic (exact) mass is 473 g/mol. The average Bonchev–Trinajstić information content (AvgIpc) is 3.32. The fraction of sp³-hybridized carbons (Fsp3) is 0.259. The summed E-state index contributed by atoms with van der Waals surface area (Å²) in [6.45, 7) is 3.12. The van der Waals surface area contributed by atoms with Crippen LogP contribution in [-0.4, -0.2) is 55.9 Å². The highest BCUT2D eigenvalue weighted by molar-refractivity contribution is 7.98. The zero-order valence-corrected chi connectivity index (χ0v) is 19.9. The van der Waals surface area contributed by atoms with Crippen LogP contribution in [0.1, 0.15) is 15.9 Å². The minimum Gasteiger partial charge on any atom is -0.378 e. The number of nitrogens with one attached hydrogen (secondary N) is 1. The number of urea groups is 1. The van der Waals surface area contributed by atoms with Crippen LogP contribution in [0.25, 0.3) is 11.1 Å². The molecule has 5 rings (SSSR count). The van der Waals surface area contributed by atoms with Gasteiger partial charge < -0.3 is 15.0 Å². The van der Waals surface area contributed by atoms with Gasteiger partial charge in [0.1, 0.15) is 0 Å². The molecule has 7 heteroatoms. The van der Waals surface area contributed by atoms with Gasteiger partial charge in [-0.1, -0.05) is 24.3 Å². The molecule has 0 bridgehead atoms. The molecule has 0 atom stereocenters. The van der Waals surface area contributed by atoms with Gasteiger partial charge in [-0.15, -0.1) is 11.8 Å². The SMILES string of the molecule is CSc1cccc(NC(=O)N2CCc3cc(-c4ccc(C(=O)N5CCOCC5)cc4)ccc32)c1. The minimum absolute atomic E-state index is 0.0496. The van der Waals surface area contributed by atoms with Crippen LogP contribution in [0.5, 0.6) is 0 Å². The highest BCUT2D eigenvalue weighted by Crippen LogP contribution is 2.33. The van der Waals surface area contributed by atoms with Crippen molar-refractivity contribution in [3.05, 3.63) is 77.9 Å². The predicted molar refractivity (Wildman–Crippen MR) is 137 cm³/mol. The number of morpholine rings is 1. The molecule has 2 aliphatic heterocycles. The first-order valence-electron chi connectivity index (χ1n) is 11.5. The molecular weight excluding hydrogens is 446 g/mol. The van der Waals surface area contributed by atoms with Gasteiger partial charge in [0.05, 0.1) is 13.2 Å². The molecule has 6 nitrogen and oxygen atoms in total. The Bertz CT molecular complexity index is 1210. The Hall–Kier alpha value is -3.29. The van der Waals surface area contributed by atoms with Crippen LogP contribution in [0, 0.1) is 0 Å². The lowest BCUT2D eigenvalue weighted by atomic mass is 10.0. The molecule has 174 valence electrons. The lowest BCUT2D eigenvalue weighted by Crippen LogP contribution is -2.40. The lowest BCUT2D eigenvalue weighted by molar-refractivity contribution is 0.0303. The second kappa shape index (κ2) is 9.91. The zero-order valence-electron chi connectivity index (χ0n) is 19.1. The summed E-state index contributed by atoms with van der Waals surface area (Å²) in [5.74, 6) is 0.0496. The quantitative estimate of drug-likeness (QED) is 0.533. The van der Waals surface area contributed by atoms with Crippen molar-refractivity contribution in [1.29, 1.82) is 0 Å². The van der Waals surface area contributed by atoms with E-state index in [2.05, 4.69) is 11.4 Å². The fourth-order valence-electron chi connectivity index (χ4n) is 4.44. The highest BCUT2D eigenvalue weighted by atomic mass is 32.2. The van der Waals surface area contributed by atoms with Crippen LogP contribution in [0.15, 0.2) is 71.6 Å². The summed E-state index contributed by atoms with van der Waals surface area (Å²) >= 11 is 1.65. The summed E-state index contributed by atoms with van der Waals surface area (Å²) in [4.78, 5) is 30.4. The van der Waals surface area contributed by atoms with Gasteiger partial charge in [-0.05, 0) is 71.8 Å². The largest absolute Gasteiger partial charge is 0.378 e. The average molecular weight is 474 g/mol. The van der Waals surface area contributed by atoms with E-state index in [1.807, 2.05) is 71.8 Å². The number of fused-ring (bicyclic) bond motifs is 1. The minimum atomic E-state index is -0.115. The fourth-order valence-corrected chi connectivity index (χ4v) is 4.90. The first kappa shape index (κ1) is 22.5. The molecule has 3 aromatic rings. The van der Waals surface area contributed by atoms with Crippen molar-refractivity contribution >= 4 is 35.1 Å². The van der Waals surface area contributed by atoms with Crippen molar-refractivity contribution in [1.82, 2.24) is 4.90 Å². The molecule has 0 saturated carbocycles. The van der Waals surface area contributed by atoms with E-state index in [1.54, 1.807) is 16.7 Å². The van der Waals surface area contributed by atoms with E-state index >= 15 is 0 Å². The molecular formula is C27H27N3O3S. The molecule has 0 radical (unpaired) electrons. The lowest BCUT2D eigenvalue weighted by Gasteiger charge is -2.26. The number of hydrogen-bond acceptors (Lipinski definition) is 4. The maximum atomic E-state index is 12.9. The van der Waals surface area contributed by atoms with E-state index in [0.717, 1.165) is 39.4 Å². The Morgan fingerprint density at radius 1 is 0.912 bits per heavy atom. The van der Waals surface area contributed by atoms with E-state index in [4.69, 9.17) is 4.74 Å². The topological polar surface area (TPSA) is 61.9 Å². The number of ether oxygens (including phenoxy) is 1. The first-order chi connectivity index (χ1) is 16.6. The maximum Gasteiger partial charge on any atom is 0.326 e. The molecule has 0 aliphatic carbocycles. The smallest absolute Gasteiger partial charge is 0.326 e. The molecule has 2 aliphatic rings. The standard InChI is InChI=1S/C27H27N3O3S/c1-34-24-4-2-3-23(18-24)28-27(32)30-12-11-22-17-21(9-10-25(22)30)19-5-7-20(8-6-19)26(31)29-13-15-33-16-14-29/h2-10,17-18H,11-16H2,1H3,(H,28,32). The number of anilines is 2. The summed E-state index contributed by atoms with van der Waals surface area (Å²) in [6, 6.07) is 21.7. The third kappa shape index (κ3) is 4.67. The van der Waals surface area contributed by atoms with Crippen LogP contribution < -0.4 is 10.2 Å². The summed E-state index contributed by atoms with van der Waals surface area (Å²) < 4.78 is 5.34. The molecule has 2 heterocycles. The molecule has 1 fully saturated rings. The van der Waals surface area contributed by atoms with E-state index < -0.39 is 0 Å². The third-order valence-electron chi connectivity index (χ3n) is 6.30. The number of carbonyl (C=O) groups excluding carboxylic acids is 2. The Morgan fingerprint density at radius 3 is 2.44 bits per heavy atom. The van der Waals surface area contributed by atoms with Gasteiger partial charge in [-0.3, -0.25) is 9.69 Å². The Kier molecular flexibility index (Phi) is 6.56. The molecule has 3 aromatic carbocycles. The van der Waals surface area contributed by atoms with Crippen LogP contribution in [-0.2, 0) is 11.2 Å². The molecule has 0 spiro atoms. The van der Waals surface area contributed by atoms with Gasteiger partial charge in [0.15, 0.2) is 0 Å². The van der Waals surface area contributed by atoms with Gasteiger partial charge in [-0.25, -0.2) is 4.79 Å². The van der Waals surface area contributed by atoms with Crippen LogP contribution in [0.4, 0.5) is 16.2 Å². The van der Waals surface area contributed by atoms with Crippen LogP contribution in [0.3, 0.4) is 0 Å². The number of thioether (sulfide) groups is 1. The first-order valence-corrected chi connectivity index (χ1v) is 12.7. The molecule has 1 N–H and O–H groups in total. The molecule has 0 aromatic heterocycles. The van der Waals surface area contributed by atoms with E-state index in [1.165, 1.54) is 0 Å². The predicted octanol–water partition coefficient (Wildman–Crippen LogP) is 5.14. The van der Waals surface area contributed by atoms with Crippen LogP contribution >= 0.6 is 11.8 Å². The van der Waals surface area contributed by atoms with Gasteiger partial charge in [0, 0.05) is 41.5 Å². The number of amides is 3. The second-order valence-electron chi connectivity index (χ2n) is 8.39. The zero-order chi connectivity index (χ0) is 23.5. The van der Waals surface area contributed by atoms with E-state index in [9.17, 15) is 9.59 Å². The van der Waals surface area contributed by atoms with Gasteiger partial charge in [0.2, 0.25) is 0 Å². The van der Waals surface area contributed by atoms with Gasteiger partial charge in [-0.2, -0.15) is 0 Å². The molecule has 1 saturated heterocycles. The van der Waals surface area contributed by atoms with Crippen molar-refractivity contribution in [2.45, 2.75) is 11.3 Å². The Balaban J connectivity index is 1.29. The number of nitrogens with zero attached hydrogens (tertiary/aromatic N) is 2. The molecule has 3 amide bonds. The second-order valence-corrected chi connectivity index (χ2v) is 9.27. The summed E-state index contributed by atoms with van der Waals surface area (Å²) in [5, 5.41) is 3.02. The third-order valence-corrected chi connectivity index (χ3v) is 7.03. The van der Waals surface area contributed by atoms with Gasteiger partial charge >= 0.3 is 6.03 Å². The van der Waals surface area contributed by atoms with Crippen molar-refractivity contribution in [3.8, 4) is 11.1 Å². The van der Waals surface area contributed by atoms with E-state index in [-0.39, 0.29) is 11.9 Å². The molecule has 34 heavy (non-hydrogen) atoms. The summed E-state index contributed by atoms with van der Waals surface area (Å²) in [7, 11) is 0. The number of rotatable bonds is 4. The number of benzene rings is 3. The summed E-state index contributed by atoms with van der Waals surface area (Å²) in [5.41, 5.74) is 5.73.